The van der Waals surface area contributed by atoms with Crippen LogP contribution in [0.25, 0.3) is 0 Å². The largest absolute Gasteiger partial charge is 0.336 e. The molecule has 1 heterocycles. The summed E-state index contributed by atoms with van der Waals surface area (Å²) in [6.07, 6.45) is 3.69. The van der Waals surface area contributed by atoms with Crippen LogP contribution in [0.3, 0.4) is 0 Å². The third kappa shape index (κ3) is 5.33. The average molecular weight is 388 g/mol. The van der Waals surface area contributed by atoms with Crippen molar-refractivity contribution < 1.29 is 4.79 Å². The quantitative estimate of drug-likeness (QED) is 0.813. The number of halogens is 2. The molecule has 0 aromatic heterocycles. The normalized spacial score (nSPS) is 22.5. The minimum atomic E-state index is 0. The Morgan fingerprint density at radius 2 is 1.88 bits per heavy atom. The van der Waals surface area contributed by atoms with Gasteiger partial charge in [0.25, 0.3) is 5.91 Å². The van der Waals surface area contributed by atoms with Crippen molar-refractivity contribution in [2.75, 3.05) is 19.6 Å². The molecule has 142 valence electrons. The van der Waals surface area contributed by atoms with Gasteiger partial charge in [0, 0.05) is 30.7 Å². The topological polar surface area (TPSA) is 49.6 Å². The van der Waals surface area contributed by atoms with Crippen molar-refractivity contribution in [3.05, 3.63) is 35.4 Å². The van der Waals surface area contributed by atoms with Crippen LogP contribution in [0.2, 0.25) is 0 Å². The van der Waals surface area contributed by atoms with E-state index in [1.807, 2.05) is 17.0 Å². The minimum Gasteiger partial charge on any atom is -0.336 e. The lowest BCUT2D eigenvalue weighted by molar-refractivity contribution is 0.0743. The van der Waals surface area contributed by atoms with Crippen LogP contribution in [0.15, 0.2) is 24.3 Å². The van der Waals surface area contributed by atoms with Gasteiger partial charge in [-0.1, -0.05) is 19.1 Å². The molecular formula is C19H31Cl2N3O. The SMILES string of the molecule is CCN(Cc1ccc(C(=O)N2CC(CN)CC2C)cc1)C1CC1.Cl.Cl. The molecule has 1 aromatic carbocycles. The second-order valence-corrected chi connectivity index (χ2v) is 7.14. The third-order valence-corrected chi connectivity index (χ3v) is 5.31. The molecule has 2 aliphatic rings. The highest BCUT2D eigenvalue weighted by molar-refractivity contribution is 5.94. The molecule has 25 heavy (non-hydrogen) atoms. The summed E-state index contributed by atoms with van der Waals surface area (Å²) in [6.45, 7) is 7.89. The molecule has 2 N–H and O–H groups in total. The second-order valence-electron chi connectivity index (χ2n) is 7.14. The van der Waals surface area contributed by atoms with Gasteiger partial charge in [-0.15, -0.1) is 24.8 Å². The van der Waals surface area contributed by atoms with Crippen molar-refractivity contribution in [3.8, 4) is 0 Å². The Hall–Kier alpha value is -0.810. The molecule has 2 fully saturated rings. The maximum atomic E-state index is 12.7. The molecule has 4 nitrogen and oxygen atoms in total. The summed E-state index contributed by atoms with van der Waals surface area (Å²) in [4.78, 5) is 17.2. The molecule has 1 aromatic rings. The van der Waals surface area contributed by atoms with Crippen LogP contribution in [-0.2, 0) is 6.54 Å². The number of carbonyl (C=O) groups excluding carboxylic acids is 1. The van der Waals surface area contributed by atoms with E-state index in [-0.39, 0.29) is 30.7 Å². The van der Waals surface area contributed by atoms with Gasteiger partial charge >= 0.3 is 0 Å². The monoisotopic (exact) mass is 387 g/mol. The Labute approximate surface area is 163 Å². The molecule has 0 spiro atoms. The van der Waals surface area contributed by atoms with Crippen molar-refractivity contribution in [1.82, 2.24) is 9.80 Å². The Balaban J connectivity index is 0.00000156. The van der Waals surface area contributed by atoms with E-state index in [4.69, 9.17) is 5.73 Å². The van der Waals surface area contributed by atoms with Gasteiger partial charge in [0.1, 0.15) is 0 Å². The molecule has 1 aliphatic heterocycles. The highest BCUT2D eigenvalue weighted by Gasteiger charge is 2.32. The summed E-state index contributed by atoms with van der Waals surface area (Å²) in [5.41, 5.74) is 7.86. The molecule has 3 rings (SSSR count). The van der Waals surface area contributed by atoms with Crippen molar-refractivity contribution in [2.24, 2.45) is 11.7 Å². The number of carbonyl (C=O) groups is 1. The zero-order valence-electron chi connectivity index (χ0n) is 15.2. The van der Waals surface area contributed by atoms with Gasteiger partial charge in [-0.05, 0) is 62.9 Å². The Bertz CT molecular complexity index is 548. The lowest BCUT2D eigenvalue weighted by Gasteiger charge is -2.22. The standard InChI is InChI=1S/C19H29N3O.2ClH/c1-3-21(18-8-9-18)12-15-4-6-17(7-5-15)19(23)22-13-16(11-20)10-14(22)2;;/h4-7,14,16,18H,3,8-13,20H2,1-2H3;2*1H. The van der Waals surface area contributed by atoms with E-state index in [9.17, 15) is 4.79 Å². The Morgan fingerprint density at radius 1 is 1.24 bits per heavy atom. The van der Waals surface area contributed by atoms with Crippen LogP contribution in [0.1, 0.15) is 49.0 Å². The predicted octanol–water partition coefficient (Wildman–Crippen LogP) is 3.32. The van der Waals surface area contributed by atoms with Crippen molar-refractivity contribution in [2.45, 2.75) is 51.7 Å². The number of nitrogens with zero attached hydrogens (tertiary/aromatic N) is 2. The number of hydrogen-bond donors (Lipinski definition) is 1. The fraction of sp³-hybridized carbons (Fsp3) is 0.632. The molecule has 1 saturated carbocycles. The van der Waals surface area contributed by atoms with Gasteiger partial charge in [0.15, 0.2) is 0 Å². The predicted molar refractivity (Wildman–Crippen MR) is 108 cm³/mol. The van der Waals surface area contributed by atoms with Crippen LogP contribution in [-0.4, -0.2) is 47.4 Å². The van der Waals surface area contributed by atoms with Gasteiger partial charge in [-0.25, -0.2) is 0 Å². The van der Waals surface area contributed by atoms with Crippen LogP contribution >= 0.6 is 24.8 Å². The lowest BCUT2D eigenvalue weighted by Crippen LogP contribution is -2.34. The second kappa shape index (κ2) is 9.77. The fourth-order valence-corrected chi connectivity index (χ4v) is 3.69. The molecule has 1 aliphatic carbocycles. The lowest BCUT2D eigenvalue weighted by atomic mass is 10.1. The maximum absolute atomic E-state index is 12.7. The molecule has 2 unspecified atom stereocenters. The first-order valence-electron chi connectivity index (χ1n) is 8.96. The number of rotatable bonds is 6. The molecular weight excluding hydrogens is 357 g/mol. The van der Waals surface area contributed by atoms with E-state index in [2.05, 4.69) is 30.9 Å². The molecule has 0 radical (unpaired) electrons. The number of likely N-dealkylation sites (tertiary alicyclic amines) is 1. The molecule has 6 heteroatoms. The summed E-state index contributed by atoms with van der Waals surface area (Å²) in [5, 5.41) is 0. The summed E-state index contributed by atoms with van der Waals surface area (Å²) >= 11 is 0. The highest BCUT2D eigenvalue weighted by Crippen LogP contribution is 2.28. The third-order valence-electron chi connectivity index (χ3n) is 5.31. The van der Waals surface area contributed by atoms with E-state index >= 15 is 0 Å². The zero-order chi connectivity index (χ0) is 16.4. The summed E-state index contributed by atoms with van der Waals surface area (Å²) in [7, 11) is 0. The van der Waals surface area contributed by atoms with E-state index in [1.54, 1.807) is 0 Å². The molecule has 2 atom stereocenters. The number of nitrogens with two attached hydrogens (primary N) is 1. The van der Waals surface area contributed by atoms with E-state index in [0.29, 0.717) is 18.5 Å². The maximum Gasteiger partial charge on any atom is 0.254 e. The van der Waals surface area contributed by atoms with E-state index < -0.39 is 0 Å². The smallest absolute Gasteiger partial charge is 0.254 e. The van der Waals surface area contributed by atoms with E-state index in [0.717, 1.165) is 37.7 Å². The number of amides is 1. The first kappa shape index (κ1) is 22.2. The highest BCUT2D eigenvalue weighted by atomic mass is 35.5. The molecule has 1 amide bonds. The van der Waals surface area contributed by atoms with Gasteiger partial charge in [-0.3, -0.25) is 9.69 Å². The van der Waals surface area contributed by atoms with Crippen molar-refractivity contribution in [1.29, 1.82) is 0 Å². The van der Waals surface area contributed by atoms with E-state index in [1.165, 1.54) is 18.4 Å². The van der Waals surface area contributed by atoms with Crippen molar-refractivity contribution in [3.63, 3.8) is 0 Å². The van der Waals surface area contributed by atoms with Gasteiger partial charge in [0.2, 0.25) is 0 Å². The van der Waals surface area contributed by atoms with Crippen LogP contribution < -0.4 is 5.73 Å². The molecule has 1 saturated heterocycles. The van der Waals surface area contributed by atoms with Gasteiger partial charge < -0.3 is 10.6 Å². The van der Waals surface area contributed by atoms with Gasteiger partial charge in [-0.2, -0.15) is 0 Å². The zero-order valence-corrected chi connectivity index (χ0v) is 16.8. The van der Waals surface area contributed by atoms with Crippen LogP contribution in [0.5, 0.6) is 0 Å². The summed E-state index contributed by atoms with van der Waals surface area (Å²) in [6, 6.07) is 9.27. The van der Waals surface area contributed by atoms with Crippen LogP contribution in [0, 0.1) is 5.92 Å². The van der Waals surface area contributed by atoms with Crippen molar-refractivity contribution >= 4 is 30.7 Å². The average Bonchev–Trinajstić information content (AvgIpc) is 3.34. The summed E-state index contributed by atoms with van der Waals surface area (Å²) in [5.74, 6) is 0.597. The minimum absolute atomic E-state index is 0. The van der Waals surface area contributed by atoms with Gasteiger partial charge in [0.05, 0.1) is 0 Å². The first-order valence-corrected chi connectivity index (χ1v) is 8.96. The fourth-order valence-electron chi connectivity index (χ4n) is 3.69. The van der Waals surface area contributed by atoms with Crippen LogP contribution in [0.4, 0.5) is 0 Å². The number of benzene rings is 1. The Morgan fingerprint density at radius 3 is 2.36 bits per heavy atom. The first-order chi connectivity index (χ1) is 11.1. The number of hydrogen-bond acceptors (Lipinski definition) is 3. The Kier molecular flexibility index (Phi) is 8.69. The molecule has 0 bridgehead atoms. The summed E-state index contributed by atoms with van der Waals surface area (Å²) < 4.78 is 0.